The summed E-state index contributed by atoms with van der Waals surface area (Å²) >= 11 is 0. The molecule has 10 nitrogen and oxygen atoms in total. The summed E-state index contributed by atoms with van der Waals surface area (Å²) in [7, 11) is 0. The van der Waals surface area contributed by atoms with Gasteiger partial charge >= 0.3 is 0 Å². The van der Waals surface area contributed by atoms with Gasteiger partial charge in [-0.2, -0.15) is 5.10 Å². The lowest BCUT2D eigenvalue weighted by atomic mass is 10.1. The molecule has 0 unspecified atom stereocenters. The van der Waals surface area contributed by atoms with Gasteiger partial charge in [0.05, 0.1) is 23.0 Å². The summed E-state index contributed by atoms with van der Waals surface area (Å²) in [5.41, 5.74) is 5.53. The number of nitrogens with zero attached hydrogens (tertiary/aromatic N) is 3. The molecule has 162 valence electrons. The maximum atomic E-state index is 12.3. The summed E-state index contributed by atoms with van der Waals surface area (Å²) in [6.07, 6.45) is 1.48. The Hall–Kier alpha value is -4.47. The van der Waals surface area contributed by atoms with E-state index in [2.05, 4.69) is 16.0 Å². The van der Waals surface area contributed by atoms with Crippen LogP contribution in [0.25, 0.3) is 5.69 Å². The monoisotopic (exact) mass is 433 g/mol. The van der Waals surface area contributed by atoms with Gasteiger partial charge in [-0.3, -0.25) is 34.9 Å². The lowest BCUT2D eigenvalue weighted by molar-refractivity contribution is -0.122. The van der Waals surface area contributed by atoms with E-state index in [9.17, 15) is 24.3 Å². The fourth-order valence-corrected chi connectivity index (χ4v) is 3.33. The molecule has 0 bridgehead atoms. The number of nitrogens with one attached hydrogen (secondary N) is 2. The lowest BCUT2D eigenvalue weighted by Gasteiger charge is -2.13. The Bertz CT molecular complexity index is 1170. The van der Waals surface area contributed by atoms with E-state index in [1.807, 2.05) is 6.07 Å². The number of hydrazine groups is 1. The van der Waals surface area contributed by atoms with Gasteiger partial charge in [0, 0.05) is 13.0 Å². The van der Waals surface area contributed by atoms with Gasteiger partial charge in [0.15, 0.2) is 11.4 Å². The van der Waals surface area contributed by atoms with E-state index < -0.39 is 11.8 Å². The first-order chi connectivity index (χ1) is 15.5. The molecule has 0 spiro atoms. The van der Waals surface area contributed by atoms with Crippen LogP contribution in [-0.2, 0) is 4.79 Å². The molecule has 32 heavy (non-hydrogen) atoms. The summed E-state index contributed by atoms with van der Waals surface area (Å²) in [6, 6.07) is 15.5. The molecule has 0 radical (unpaired) electrons. The van der Waals surface area contributed by atoms with Crippen molar-refractivity contribution in [1.29, 1.82) is 0 Å². The Morgan fingerprint density at radius 1 is 0.906 bits per heavy atom. The van der Waals surface area contributed by atoms with Crippen molar-refractivity contribution in [3.63, 3.8) is 0 Å². The van der Waals surface area contributed by atoms with E-state index in [0.29, 0.717) is 16.8 Å². The van der Waals surface area contributed by atoms with E-state index in [1.165, 1.54) is 10.9 Å². The molecule has 3 aromatic rings. The van der Waals surface area contributed by atoms with Crippen molar-refractivity contribution >= 4 is 23.6 Å². The molecule has 10 heteroatoms. The average Bonchev–Trinajstić information content (AvgIpc) is 3.31. The quantitative estimate of drug-likeness (QED) is 0.398. The van der Waals surface area contributed by atoms with Crippen molar-refractivity contribution in [2.45, 2.75) is 12.8 Å². The second-order valence-corrected chi connectivity index (χ2v) is 7.06. The zero-order valence-corrected chi connectivity index (χ0v) is 16.8. The van der Waals surface area contributed by atoms with Crippen LogP contribution in [0.1, 0.15) is 44.0 Å². The molecule has 1 aliphatic rings. The predicted octanol–water partition coefficient (Wildman–Crippen LogP) is 1.42. The zero-order valence-electron chi connectivity index (χ0n) is 16.8. The van der Waals surface area contributed by atoms with Gasteiger partial charge in [0.2, 0.25) is 5.91 Å². The number of aromatic hydroxyl groups is 1. The van der Waals surface area contributed by atoms with Crippen LogP contribution in [0.4, 0.5) is 0 Å². The van der Waals surface area contributed by atoms with Gasteiger partial charge in [0.1, 0.15) is 0 Å². The SMILES string of the molecule is O=C(CCCN1C(=O)c2ccccc2C1=O)NNC(=O)c1nn(-c2ccccc2)cc1O. The van der Waals surface area contributed by atoms with Crippen LogP contribution in [0, 0.1) is 0 Å². The fraction of sp³-hybridized carbons (Fsp3) is 0.136. The number of carbonyl (C=O) groups is 4. The standard InChI is InChI=1S/C22H19N5O5/c28-17-13-27(14-7-2-1-3-8-14)25-19(17)20(30)24-23-18(29)11-6-12-26-21(31)15-9-4-5-10-16(15)22(26)32/h1-5,7-10,13,28H,6,11-12H2,(H,23,29)(H,24,30). The van der Waals surface area contributed by atoms with Crippen molar-refractivity contribution in [3.8, 4) is 11.4 Å². The minimum Gasteiger partial charge on any atom is -0.504 e. The Morgan fingerprint density at radius 2 is 1.53 bits per heavy atom. The maximum Gasteiger partial charge on any atom is 0.294 e. The molecule has 1 aromatic heterocycles. The summed E-state index contributed by atoms with van der Waals surface area (Å²) < 4.78 is 1.34. The molecule has 1 aliphatic heterocycles. The Morgan fingerprint density at radius 3 is 2.19 bits per heavy atom. The molecular weight excluding hydrogens is 414 g/mol. The highest BCUT2D eigenvalue weighted by molar-refractivity contribution is 6.21. The number of amides is 4. The summed E-state index contributed by atoms with van der Waals surface area (Å²) in [6.45, 7) is 0.0793. The number of para-hydroxylation sites is 1. The second kappa shape index (κ2) is 8.72. The molecule has 4 rings (SSSR count). The molecular formula is C22H19N5O5. The Balaban J connectivity index is 1.26. The maximum absolute atomic E-state index is 12.3. The number of rotatable bonds is 6. The van der Waals surface area contributed by atoms with Crippen molar-refractivity contribution in [2.24, 2.45) is 0 Å². The van der Waals surface area contributed by atoms with Gasteiger partial charge in [-0.1, -0.05) is 30.3 Å². The number of hydrogen-bond donors (Lipinski definition) is 3. The molecule has 0 fully saturated rings. The first kappa shape index (κ1) is 20.8. The first-order valence-corrected chi connectivity index (χ1v) is 9.84. The number of imide groups is 1. The van der Waals surface area contributed by atoms with Crippen LogP contribution < -0.4 is 10.9 Å². The third kappa shape index (κ3) is 4.06. The van der Waals surface area contributed by atoms with E-state index in [0.717, 1.165) is 4.90 Å². The molecule has 3 N–H and O–H groups in total. The first-order valence-electron chi connectivity index (χ1n) is 9.84. The third-order valence-electron chi connectivity index (χ3n) is 4.91. The highest BCUT2D eigenvalue weighted by Gasteiger charge is 2.34. The van der Waals surface area contributed by atoms with Crippen molar-refractivity contribution in [3.05, 3.63) is 77.6 Å². The van der Waals surface area contributed by atoms with E-state index in [1.54, 1.807) is 48.5 Å². The van der Waals surface area contributed by atoms with Gasteiger partial charge in [0.25, 0.3) is 17.7 Å². The zero-order chi connectivity index (χ0) is 22.7. The number of carbonyl (C=O) groups excluding carboxylic acids is 4. The average molecular weight is 433 g/mol. The number of fused-ring (bicyclic) bond motifs is 1. The van der Waals surface area contributed by atoms with Crippen LogP contribution in [0.3, 0.4) is 0 Å². The van der Waals surface area contributed by atoms with Crippen LogP contribution in [0.2, 0.25) is 0 Å². The molecule has 0 saturated heterocycles. The van der Waals surface area contributed by atoms with Crippen molar-refractivity contribution < 1.29 is 24.3 Å². The Kier molecular flexibility index (Phi) is 5.67. The van der Waals surface area contributed by atoms with Gasteiger partial charge in [-0.05, 0) is 30.7 Å². The highest BCUT2D eigenvalue weighted by atomic mass is 16.3. The second-order valence-electron chi connectivity index (χ2n) is 7.06. The van der Waals surface area contributed by atoms with E-state index >= 15 is 0 Å². The molecule has 4 amide bonds. The molecule has 2 aromatic carbocycles. The van der Waals surface area contributed by atoms with Gasteiger partial charge in [-0.25, -0.2) is 4.68 Å². The van der Waals surface area contributed by atoms with Gasteiger partial charge < -0.3 is 5.11 Å². The largest absolute Gasteiger partial charge is 0.504 e. The Labute approximate surface area is 182 Å². The van der Waals surface area contributed by atoms with Crippen LogP contribution in [-0.4, -0.2) is 50.0 Å². The minimum atomic E-state index is -0.786. The summed E-state index contributed by atoms with van der Waals surface area (Å²) in [5.74, 6) is -2.42. The lowest BCUT2D eigenvalue weighted by Crippen LogP contribution is -2.42. The van der Waals surface area contributed by atoms with Crippen molar-refractivity contribution in [2.75, 3.05) is 6.54 Å². The molecule has 2 heterocycles. The van der Waals surface area contributed by atoms with Crippen LogP contribution >= 0.6 is 0 Å². The highest BCUT2D eigenvalue weighted by Crippen LogP contribution is 2.22. The number of benzene rings is 2. The molecule has 0 atom stereocenters. The van der Waals surface area contributed by atoms with Crippen LogP contribution in [0.15, 0.2) is 60.8 Å². The van der Waals surface area contributed by atoms with Crippen LogP contribution in [0.5, 0.6) is 5.75 Å². The molecule has 0 saturated carbocycles. The minimum absolute atomic E-state index is 0.0296. The smallest absolute Gasteiger partial charge is 0.294 e. The van der Waals surface area contributed by atoms with E-state index in [4.69, 9.17) is 0 Å². The van der Waals surface area contributed by atoms with Crippen molar-refractivity contribution in [1.82, 2.24) is 25.5 Å². The van der Waals surface area contributed by atoms with Gasteiger partial charge in [-0.15, -0.1) is 0 Å². The third-order valence-corrected chi connectivity index (χ3v) is 4.91. The normalized spacial score (nSPS) is 12.6. The molecule has 0 aliphatic carbocycles. The predicted molar refractivity (Wildman–Crippen MR) is 112 cm³/mol. The summed E-state index contributed by atoms with van der Waals surface area (Å²) in [4.78, 5) is 50.0. The fourth-order valence-electron chi connectivity index (χ4n) is 3.33. The summed E-state index contributed by atoms with van der Waals surface area (Å²) in [5, 5.41) is 14.0. The van der Waals surface area contributed by atoms with E-state index in [-0.39, 0.29) is 42.6 Å². The number of aromatic nitrogens is 2. The topological polar surface area (TPSA) is 134 Å². The number of hydrogen-bond acceptors (Lipinski definition) is 6.